The molecular formula is C16H15N7S. The predicted octanol–water partition coefficient (Wildman–Crippen LogP) is 2.50. The maximum absolute atomic E-state index is 4.83. The van der Waals surface area contributed by atoms with Crippen LogP contribution in [0.5, 0.6) is 0 Å². The van der Waals surface area contributed by atoms with E-state index >= 15 is 0 Å². The molecule has 0 saturated heterocycles. The van der Waals surface area contributed by atoms with Crippen molar-refractivity contribution in [3.63, 3.8) is 0 Å². The van der Waals surface area contributed by atoms with Crippen molar-refractivity contribution in [2.24, 2.45) is 0 Å². The Bertz CT molecular complexity index is 889. The molecule has 24 heavy (non-hydrogen) atoms. The molecule has 3 aromatic heterocycles. The Morgan fingerprint density at radius 3 is 2.79 bits per heavy atom. The first-order valence-corrected chi connectivity index (χ1v) is 8.96. The fourth-order valence-corrected chi connectivity index (χ4v) is 4.00. The molecule has 0 amide bonds. The first-order chi connectivity index (χ1) is 11.9. The Morgan fingerprint density at radius 2 is 1.96 bits per heavy atom. The van der Waals surface area contributed by atoms with E-state index in [-0.39, 0.29) is 0 Å². The molecule has 0 radical (unpaired) electrons. The minimum absolute atomic E-state index is 0.456. The predicted molar refractivity (Wildman–Crippen MR) is 87.5 cm³/mol. The molecule has 2 aliphatic carbocycles. The molecular weight excluding hydrogens is 322 g/mol. The summed E-state index contributed by atoms with van der Waals surface area (Å²) in [4.78, 5) is 13.7. The lowest BCUT2D eigenvalue weighted by Gasteiger charge is -2.09. The summed E-state index contributed by atoms with van der Waals surface area (Å²) in [5.41, 5.74) is 3.40. The van der Waals surface area contributed by atoms with Gasteiger partial charge in [-0.25, -0.2) is 14.6 Å². The van der Waals surface area contributed by atoms with E-state index in [0.29, 0.717) is 6.04 Å². The summed E-state index contributed by atoms with van der Waals surface area (Å²) in [7, 11) is 0. The zero-order valence-electron chi connectivity index (χ0n) is 13.0. The van der Waals surface area contributed by atoms with Crippen LogP contribution in [-0.2, 0) is 12.8 Å². The molecule has 8 heteroatoms. The van der Waals surface area contributed by atoms with Gasteiger partial charge < -0.3 is 0 Å². The van der Waals surface area contributed by atoms with Crippen LogP contribution in [0.4, 0.5) is 0 Å². The highest BCUT2D eigenvalue weighted by molar-refractivity contribution is 7.99. The van der Waals surface area contributed by atoms with E-state index in [9.17, 15) is 0 Å². The molecule has 0 unspecified atom stereocenters. The van der Waals surface area contributed by atoms with Crippen LogP contribution in [0.1, 0.15) is 36.6 Å². The number of tetrazole rings is 1. The quantitative estimate of drug-likeness (QED) is 0.676. The number of rotatable bonds is 4. The number of aromatic nitrogens is 7. The molecule has 0 bridgehead atoms. The molecule has 0 aromatic carbocycles. The van der Waals surface area contributed by atoms with Gasteiger partial charge in [0.05, 0.1) is 6.04 Å². The highest BCUT2D eigenvalue weighted by Crippen LogP contribution is 2.39. The Morgan fingerprint density at radius 1 is 1.08 bits per heavy atom. The van der Waals surface area contributed by atoms with Crippen molar-refractivity contribution >= 4 is 11.8 Å². The van der Waals surface area contributed by atoms with E-state index in [1.54, 1.807) is 24.2 Å². The lowest BCUT2D eigenvalue weighted by molar-refractivity contribution is 0.565. The van der Waals surface area contributed by atoms with Gasteiger partial charge >= 0.3 is 0 Å². The normalized spacial score (nSPS) is 16.3. The van der Waals surface area contributed by atoms with Gasteiger partial charge in [0.1, 0.15) is 5.03 Å². The summed E-state index contributed by atoms with van der Waals surface area (Å²) in [6, 6.07) is 4.34. The van der Waals surface area contributed by atoms with Crippen molar-refractivity contribution in [2.75, 3.05) is 0 Å². The van der Waals surface area contributed by atoms with Gasteiger partial charge in [-0.2, -0.15) is 0 Å². The Hall–Kier alpha value is -2.35. The zero-order chi connectivity index (χ0) is 15.9. The van der Waals surface area contributed by atoms with Crippen LogP contribution in [0.25, 0.3) is 11.4 Å². The fourth-order valence-electron chi connectivity index (χ4n) is 3.00. The third-order valence-electron chi connectivity index (χ3n) is 4.38. The maximum atomic E-state index is 4.83. The van der Waals surface area contributed by atoms with E-state index in [4.69, 9.17) is 9.97 Å². The number of pyridine rings is 1. The van der Waals surface area contributed by atoms with Crippen molar-refractivity contribution in [3.8, 4) is 11.4 Å². The third kappa shape index (κ3) is 2.47. The van der Waals surface area contributed by atoms with Gasteiger partial charge in [-0.15, -0.1) is 5.10 Å². The summed E-state index contributed by atoms with van der Waals surface area (Å²) in [5, 5.41) is 14.0. The average molecular weight is 337 g/mol. The molecule has 0 spiro atoms. The zero-order valence-corrected chi connectivity index (χ0v) is 13.8. The summed E-state index contributed by atoms with van der Waals surface area (Å²) in [6.07, 6.45) is 9.02. The third-order valence-corrected chi connectivity index (χ3v) is 5.36. The van der Waals surface area contributed by atoms with Crippen molar-refractivity contribution in [2.45, 2.75) is 48.3 Å². The molecule has 0 atom stereocenters. The van der Waals surface area contributed by atoms with Crippen LogP contribution >= 0.6 is 11.8 Å². The molecule has 3 heterocycles. The second-order valence-electron chi connectivity index (χ2n) is 6.11. The minimum Gasteiger partial charge on any atom is -0.265 e. The summed E-state index contributed by atoms with van der Waals surface area (Å²) >= 11 is 1.56. The van der Waals surface area contributed by atoms with Crippen molar-refractivity contribution in [1.29, 1.82) is 0 Å². The standard InChI is InChI=1S/C16H15N7S/c1-2-12-13(3-1)18-14(10-6-8-17-9-7-10)19-15(12)24-16-20-21-22-23(16)11-4-5-11/h6-9,11H,1-5H2. The smallest absolute Gasteiger partial charge is 0.215 e. The molecule has 0 N–H and O–H groups in total. The van der Waals surface area contributed by atoms with E-state index < -0.39 is 0 Å². The van der Waals surface area contributed by atoms with Crippen LogP contribution < -0.4 is 0 Å². The van der Waals surface area contributed by atoms with Gasteiger partial charge in [0.25, 0.3) is 0 Å². The van der Waals surface area contributed by atoms with E-state index in [1.807, 2.05) is 16.8 Å². The minimum atomic E-state index is 0.456. The molecule has 1 fully saturated rings. The summed E-state index contributed by atoms with van der Waals surface area (Å²) in [6.45, 7) is 0. The van der Waals surface area contributed by atoms with E-state index in [2.05, 4.69) is 20.5 Å². The molecule has 0 aliphatic heterocycles. The maximum Gasteiger partial charge on any atom is 0.215 e. The van der Waals surface area contributed by atoms with E-state index in [0.717, 1.165) is 59.4 Å². The molecule has 3 aromatic rings. The highest BCUT2D eigenvalue weighted by Gasteiger charge is 2.29. The molecule has 7 nitrogen and oxygen atoms in total. The molecule has 2 aliphatic rings. The van der Waals surface area contributed by atoms with Crippen LogP contribution in [0.2, 0.25) is 0 Å². The SMILES string of the molecule is c1cc(-c2nc3c(c(Sc4nnnn4C4CC4)n2)CCC3)ccn1. The summed E-state index contributed by atoms with van der Waals surface area (Å²) < 4.78 is 1.93. The Kier molecular flexibility index (Phi) is 3.29. The van der Waals surface area contributed by atoms with Gasteiger partial charge in [0.2, 0.25) is 5.16 Å². The van der Waals surface area contributed by atoms with Crippen LogP contribution in [0.3, 0.4) is 0 Å². The van der Waals surface area contributed by atoms with Gasteiger partial charge in [-0.05, 0) is 66.4 Å². The lowest BCUT2D eigenvalue weighted by Crippen LogP contribution is -2.02. The first kappa shape index (κ1) is 14.0. The molecule has 5 rings (SSSR count). The highest BCUT2D eigenvalue weighted by atomic mass is 32.2. The largest absolute Gasteiger partial charge is 0.265 e. The lowest BCUT2D eigenvalue weighted by atomic mass is 10.2. The Labute approximate surface area is 142 Å². The number of nitrogens with zero attached hydrogens (tertiary/aromatic N) is 7. The average Bonchev–Trinajstić information content (AvgIpc) is 3.16. The van der Waals surface area contributed by atoms with Crippen LogP contribution in [0, 0.1) is 0 Å². The van der Waals surface area contributed by atoms with E-state index in [1.165, 1.54) is 5.56 Å². The number of aryl methyl sites for hydroxylation is 1. The monoisotopic (exact) mass is 337 g/mol. The fraction of sp³-hybridized carbons (Fsp3) is 0.375. The number of hydrogen-bond donors (Lipinski definition) is 0. The second kappa shape index (κ2) is 5.62. The van der Waals surface area contributed by atoms with Gasteiger partial charge in [-0.3, -0.25) is 4.98 Å². The van der Waals surface area contributed by atoms with Crippen LogP contribution in [-0.4, -0.2) is 35.2 Å². The van der Waals surface area contributed by atoms with Crippen molar-refractivity contribution in [3.05, 3.63) is 35.8 Å². The first-order valence-electron chi connectivity index (χ1n) is 8.14. The van der Waals surface area contributed by atoms with Crippen LogP contribution in [0.15, 0.2) is 34.7 Å². The van der Waals surface area contributed by atoms with Gasteiger partial charge in [-0.1, -0.05) is 0 Å². The van der Waals surface area contributed by atoms with Crippen molar-refractivity contribution < 1.29 is 0 Å². The number of hydrogen-bond acceptors (Lipinski definition) is 7. The van der Waals surface area contributed by atoms with Gasteiger partial charge in [0.15, 0.2) is 5.82 Å². The molecule has 1 saturated carbocycles. The molecule has 120 valence electrons. The second-order valence-corrected chi connectivity index (χ2v) is 7.06. The van der Waals surface area contributed by atoms with Crippen molar-refractivity contribution in [1.82, 2.24) is 35.2 Å². The summed E-state index contributed by atoms with van der Waals surface area (Å²) in [5.74, 6) is 0.756. The van der Waals surface area contributed by atoms with Gasteiger partial charge in [0, 0.05) is 29.2 Å². The Balaban J connectivity index is 1.57. The number of fused-ring (bicyclic) bond motifs is 1. The topological polar surface area (TPSA) is 82.3 Å².